The van der Waals surface area contributed by atoms with E-state index in [2.05, 4.69) is 25.9 Å². The van der Waals surface area contributed by atoms with Gasteiger partial charge >= 0.3 is 0 Å². The molecule has 2 aromatic heterocycles. The number of rotatable bonds is 6. The molecule has 8 nitrogen and oxygen atoms in total. The Morgan fingerprint density at radius 3 is 2.22 bits per heavy atom. The third-order valence-corrected chi connectivity index (χ3v) is 8.88. The van der Waals surface area contributed by atoms with Crippen LogP contribution in [-0.4, -0.2) is 37.8 Å². The fraction of sp³-hybridized carbons (Fsp3) is 0.500. The van der Waals surface area contributed by atoms with Crippen LogP contribution in [0.4, 0.5) is 5.69 Å². The van der Waals surface area contributed by atoms with Crippen molar-refractivity contribution in [3.05, 3.63) is 53.6 Å². The molecule has 36 heavy (non-hydrogen) atoms. The summed E-state index contributed by atoms with van der Waals surface area (Å²) in [4.78, 5) is 27.0. The Morgan fingerprint density at radius 1 is 1.00 bits per heavy atom. The first kappa shape index (κ1) is 23.0. The minimum absolute atomic E-state index is 0.133. The van der Waals surface area contributed by atoms with Crippen LogP contribution in [0.2, 0.25) is 0 Å². The maximum atomic E-state index is 13.8. The molecule has 2 amide bonds. The van der Waals surface area contributed by atoms with Crippen LogP contribution in [0, 0.1) is 43.4 Å². The number of nitrogens with zero attached hydrogens (tertiary/aromatic N) is 3. The summed E-state index contributed by atoms with van der Waals surface area (Å²) in [7, 11) is 1.75. The maximum absolute atomic E-state index is 13.8. The predicted molar refractivity (Wildman–Crippen MR) is 137 cm³/mol. The van der Waals surface area contributed by atoms with Gasteiger partial charge in [-0.3, -0.25) is 19.4 Å². The number of carbonyl (C=O) groups is 2. The number of aromatic nitrogens is 4. The molecule has 4 bridgehead atoms. The second-order valence-corrected chi connectivity index (χ2v) is 11.2. The lowest BCUT2D eigenvalue weighted by molar-refractivity contribution is -0.125. The lowest BCUT2D eigenvalue weighted by Gasteiger charge is -2.56. The van der Waals surface area contributed by atoms with E-state index >= 15 is 0 Å². The number of hydrogen-bond acceptors (Lipinski definition) is 4. The second kappa shape index (κ2) is 8.91. The van der Waals surface area contributed by atoms with Gasteiger partial charge in [0.2, 0.25) is 5.91 Å². The zero-order chi connectivity index (χ0) is 25.0. The molecule has 4 fully saturated rings. The molecule has 7 rings (SSSR count). The van der Waals surface area contributed by atoms with Gasteiger partial charge in [-0.15, -0.1) is 0 Å². The summed E-state index contributed by atoms with van der Waals surface area (Å²) in [6, 6.07) is 8.99. The van der Waals surface area contributed by atoms with Gasteiger partial charge in [-0.2, -0.15) is 10.2 Å². The van der Waals surface area contributed by atoms with Crippen molar-refractivity contribution in [3.63, 3.8) is 0 Å². The van der Waals surface area contributed by atoms with Gasteiger partial charge in [0.15, 0.2) is 0 Å². The lowest BCUT2D eigenvalue weighted by atomic mass is 9.50. The first-order chi connectivity index (χ1) is 17.4. The Labute approximate surface area is 211 Å². The van der Waals surface area contributed by atoms with Gasteiger partial charge in [0.05, 0.1) is 5.69 Å². The monoisotopic (exact) mass is 486 g/mol. The molecule has 4 aliphatic rings. The van der Waals surface area contributed by atoms with Gasteiger partial charge in [0.25, 0.3) is 5.91 Å². The lowest BCUT2D eigenvalue weighted by Crippen LogP contribution is -2.58. The van der Waals surface area contributed by atoms with Crippen molar-refractivity contribution in [1.29, 1.82) is 0 Å². The molecule has 8 heteroatoms. The number of nitrogens with one attached hydrogen (secondary N) is 3. The van der Waals surface area contributed by atoms with Crippen LogP contribution in [0.15, 0.2) is 36.5 Å². The van der Waals surface area contributed by atoms with Gasteiger partial charge in [0.1, 0.15) is 11.7 Å². The van der Waals surface area contributed by atoms with Crippen molar-refractivity contribution in [1.82, 2.24) is 25.3 Å². The van der Waals surface area contributed by atoms with E-state index < -0.39 is 6.04 Å². The predicted octanol–water partition coefficient (Wildman–Crippen LogP) is 4.24. The van der Waals surface area contributed by atoms with E-state index in [1.807, 2.05) is 38.1 Å². The van der Waals surface area contributed by atoms with E-state index in [0.29, 0.717) is 17.5 Å². The van der Waals surface area contributed by atoms with Crippen LogP contribution in [0.1, 0.15) is 54.0 Å². The van der Waals surface area contributed by atoms with Crippen LogP contribution in [0.5, 0.6) is 0 Å². The summed E-state index contributed by atoms with van der Waals surface area (Å²) in [5, 5.41) is 17.7. The largest absolute Gasteiger partial charge is 0.339 e. The molecule has 2 heterocycles. The molecule has 1 atom stereocenters. The van der Waals surface area contributed by atoms with Crippen molar-refractivity contribution in [2.45, 2.75) is 52.0 Å². The molecular formula is C28H34N6O2. The number of carbonyl (C=O) groups excluding carboxylic acids is 2. The van der Waals surface area contributed by atoms with E-state index in [1.54, 1.807) is 24.0 Å². The molecule has 0 spiro atoms. The number of aryl methyl sites for hydroxylation is 3. The fourth-order valence-corrected chi connectivity index (χ4v) is 7.58. The molecule has 3 aromatic rings. The zero-order valence-electron chi connectivity index (χ0n) is 21.1. The van der Waals surface area contributed by atoms with Crippen molar-refractivity contribution in [3.8, 4) is 11.1 Å². The third kappa shape index (κ3) is 4.02. The smallest absolute Gasteiger partial charge is 0.270 e. The molecule has 0 unspecified atom stereocenters. The number of benzene rings is 1. The van der Waals surface area contributed by atoms with Gasteiger partial charge < -0.3 is 10.6 Å². The highest BCUT2D eigenvalue weighted by molar-refractivity contribution is 6.00. The van der Waals surface area contributed by atoms with Gasteiger partial charge in [-0.25, -0.2) is 0 Å². The van der Waals surface area contributed by atoms with Gasteiger partial charge in [-0.05, 0) is 99.3 Å². The van der Waals surface area contributed by atoms with E-state index in [4.69, 9.17) is 0 Å². The molecule has 4 saturated carbocycles. The summed E-state index contributed by atoms with van der Waals surface area (Å²) in [6.45, 7) is 3.99. The summed E-state index contributed by atoms with van der Waals surface area (Å²) in [6.07, 6.45) is 7.68. The molecule has 0 aliphatic heterocycles. The van der Waals surface area contributed by atoms with Gasteiger partial charge in [0, 0.05) is 30.2 Å². The first-order valence-electron chi connectivity index (χ1n) is 13.1. The standard InChI is InChI=1S/C28H34N6O2/c1-15-24(16(2)33-32-15)19-4-6-22(7-5-19)30-28(36)26(31-27(35)23-8-9-29-34(23)3)25-20-11-17-10-18(13-20)14-21(25)12-17/h4-9,17-18,20-21,25-26H,10-14H2,1-3H3,(H,30,36)(H,31,35)(H,32,33)/t17?,18?,20?,21?,25?,26-/m0/s1. The molecule has 1 aromatic carbocycles. The first-order valence-corrected chi connectivity index (χ1v) is 13.1. The van der Waals surface area contributed by atoms with E-state index in [0.717, 1.165) is 40.0 Å². The van der Waals surface area contributed by atoms with E-state index in [9.17, 15) is 9.59 Å². The number of anilines is 1. The molecule has 3 N–H and O–H groups in total. The molecule has 4 aliphatic carbocycles. The number of H-pyrrole nitrogens is 1. The van der Waals surface area contributed by atoms with Crippen LogP contribution >= 0.6 is 0 Å². The number of aromatic amines is 1. The minimum Gasteiger partial charge on any atom is -0.339 e. The van der Waals surface area contributed by atoms with Crippen molar-refractivity contribution < 1.29 is 9.59 Å². The molecule has 0 radical (unpaired) electrons. The van der Waals surface area contributed by atoms with Gasteiger partial charge in [-0.1, -0.05) is 12.1 Å². The van der Waals surface area contributed by atoms with Crippen LogP contribution in [-0.2, 0) is 11.8 Å². The Balaban J connectivity index is 1.25. The molecular weight excluding hydrogens is 452 g/mol. The third-order valence-electron chi connectivity index (χ3n) is 8.88. The van der Waals surface area contributed by atoms with Crippen molar-refractivity contribution in [2.75, 3.05) is 5.32 Å². The van der Waals surface area contributed by atoms with Crippen molar-refractivity contribution >= 4 is 17.5 Å². The fourth-order valence-electron chi connectivity index (χ4n) is 7.58. The molecule has 188 valence electrons. The number of hydrogen-bond donors (Lipinski definition) is 3. The van der Waals surface area contributed by atoms with Crippen molar-refractivity contribution in [2.24, 2.45) is 36.6 Å². The highest BCUT2D eigenvalue weighted by Gasteiger charge is 2.52. The summed E-state index contributed by atoms with van der Waals surface area (Å²) in [5.41, 5.74) is 5.30. The Morgan fingerprint density at radius 2 is 1.67 bits per heavy atom. The van der Waals surface area contributed by atoms with E-state index in [-0.39, 0.29) is 17.7 Å². The SMILES string of the molecule is Cc1n[nH]c(C)c1-c1ccc(NC(=O)[C@@H](NC(=O)c2ccnn2C)C2C3CC4CC(C3)CC2C4)cc1. The second-order valence-electron chi connectivity index (χ2n) is 11.2. The molecule has 0 saturated heterocycles. The Kier molecular flexibility index (Phi) is 5.69. The van der Waals surface area contributed by atoms with Crippen LogP contribution in [0.25, 0.3) is 11.1 Å². The summed E-state index contributed by atoms with van der Waals surface area (Å²) >= 11 is 0. The normalized spacial score (nSPS) is 27.1. The van der Waals surface area contributed by atoms with Crippen LogP contribution < -0.4 is 10.6 Å². The average Bonchev–Trinajstić information content (AvgIpc) is 3.42. The highest BCUT2D eigenvalue weighted by atomic mass is 16.2. The summed E-state index contributed by atoms with van der Waals surface area (Å²) in [5.74, 6) is 2.38. The van der Waals surface area contributed by atoms with E-state index in [1.165, 1.54) is 32.1 Å². The minimum atomic E-state index is -0.569. The zero-order valence-corrected chi connectivity index (χ0v) is 21.1. The average molecular weight is 487 g/mol. The summed E-state index contributed by atoms with van der Waals surface area (Å²) < 4.78 is 1.56. The quantitative estimate of drug-likeness (QED) is 0.485. The number of amides is 2. The Bertz CT molecular complexity index is 1240. The maximum Gasteiger partial charge on any atom is 0.270 e. The Hall–Kier alpha value is -3.42. The topological polar surface area (TPSA) is 105 Å². The highest BCUT2D eigenvalue weighted by Crippen LogP contribution is 2.57. The van der Waals surface area contributed by atoms with Crippen LogP contribution in [0.3, 0.4) is 0 Å².